The fraction of sp³-hybridized carbons (Fsp3) is 0.400. The molecule has 2 amide bonds. The quantitative estimate of drug-likeness (QED) is 0.504. The molecule has 1 aromatic carbocycles. The van der Waals surface area contributed by atoms with E-state index in [1.807, 2.05) is 0 Å². The van der Waals surface area contributed by atoms with Gasteiger partial charge in [-0.1, -0.05) is 12.1 Å². The highest BCUT2D eigenvalue weighted by Crippen LogP contribution is 2.13. The Kier molecular flexibility index (Phi) is 6.98. The summed E-state index contributed by atoms with van der Waals surface area (Å²) in [6.07, 6.45) is 2.08. The number of nitrogens with one attached hydrogen (secondary N) is 2. The van der Waals surface area contributed by atoms with E-state index in [0.717, 1.165) is 0 Å². The SMILES string of the molecule is CC(=O)c1cccc(NC(=O)NCCCc2cn(C(=O)OC(C)(C)C)c(N)n2)c1. The zero-order valence-electron chi connectivity index (χ0n) is 17.1. The van der Waals surface area contributed by atoms with Crippen LogP contribution in [-0.4, -0.2) is 39.6 Å². The van der Waals surface area contributed by atoms with Gasteiger partial charge in [-0.3, -0.25) is 4.79 Å². The number of carbonyl (C=O) groups excluding carboxylic acids is 3. The molecule has 4 N–H and O–H groups in total. The number of Topliss-reactive ketones (excluding diaryl/α,β-unsaturated/α-hetero) is 1. The number of carbonyl (C=O) groups is 3. The largest absolute Gasteiger partial charge is 0.443 e. The maximum absolute atomic E-state index is 12.1. The van der Waals surface area contributed by atoms with Crippen LogP contribution >= 0.6 is 0 Å². The number of nitrogen functional groups attached to an aromatic ring is 1. The van der Waals surface area contributed by atoms with Crippen LogP contribution in [0.3, 0.4) is 0 Å². The summed E-state index contributed by atoms with van der Waals surface area (Å²) >= 11 is 0. The predicted octanol–water partition coefficient (Wildman–Crippen LogP) is 3.21. The summed E-state index contributed by atoms with van der Waals surface area (Å²) in [7, 11) is 0. The Hall–Kier alpha value is -3.36. The summed E-state index contributed by atoms with van der Waals surface area (Å²) in [6, 6.07) is 6.35. The second-order valence-electron chi connectivity index (χ2n) is 7.56. The van der Waals surface area contributed by atoms with E-state index in [0.29, 0.717) is 36.3 Å². The number of nitrogens with two attached hydrogens (primary N) is 1. The normalized spacial score (nSPS) is 11.0. The first-order valence-corrected chi connectivity index (χ1v) is 9.28. The Morgan fingerprint density at radius 1 is 1.24 bits per heavy atom. The van der Waals surface area contributed by atoms with Crippen molar-refractivity contribution in [3.05, 3.63) is 41.7 Å². The second kappa shape index (κ2) is 9.22. The molecule has 2 rings (SSSR count). The number of hydrogen-bond acceptors (Lipinski definition) is 6. The van der Waals surface area contributed by atoms with Gasteiger partial charge in [-0.25, -0.2) is 19.1 Å². The van der Waals surface area contributed by atoms with Gasteiger partial charge in [0.05, 0.1) is 5.69 Å². The zero-order chi connectivity index (χ0) is 21.6. The molecule has 0 radical (unpaired) electrons. The first kappa shape index (κ1) is 21.9. The van der Waals surface area contributed by atoms with Crippen LogP contribution in [0.1, 0.15) is 50.2 Å². The van der Waals surface area contributed by atoms with E-state index in [1.165, 1.54) is 17.7 Å². The highest BCUT2D eigenvalue weighted by Gasteiger charge is 2.20. The molecule has 0 spiro atoms. The number of anilines is 2. The average molecular weight is 401 g/mol. The average Bonchev–Trinajstić information content (AvgIpc) is 2.98. The molecule has 0 aliphatic rings. The summed E-state index contributed by atoms with van der Waals surface area (Å²) in [5, 5.41) is 5.42. The first-order valence-electron chi connectivity index (χ1n) is 9.28. The molecule has 0 saturated heterocycles. The molecule has 0 unspecified atom stereocenters. The van der Waals surface area contributed by atoms with E-state index in [2.05, 4.69) is 15.6 Å². The van der Waals surface area contributed by atoms with Gasteiger partial charge >= 0.3 is 12.1 Å². The molecule has 0 atom stereocenters. The van der Waals surface area contributed by atoms with Gasteiger partial charge < -0.3 is 21.1 Å². The lowest BCUT2D eigenvalue weighted by atomic mass is 10.1. The number of urea groups is 1. The van der Waals surface area contributed by atoms with Crippen LogP contribution in [0.2, 0.25) is 0 Å². The monoisotopic (exact) mass is 401 g/mol. The number of aromatic nitrogens is 2. The Labute approximate surface area is 169 Å². The fourth-order valence-electron chi connectivity index (χ4n) is 2.49. The van der Waals surface area contributed by atoms with Gasteiger partial charge in [-0.05, 0) is 52.7 Å². The minimum absolute atomic E-state index is 0.0605. The van der Waals surface area contributed by atoms with Crippen molar-refractivity contribution in [3.63, 3.8) is 0 Å². The maximum atomic E-state index is 12.1. The Balaban J connectivity index is 1.80. The van der Waals surface area contributed by atoms with Gasteiger partial charge in [0.2, 0.25) is 5.95 Å². The van der Waals surface area contributed by atoms with Crippen molar-refractivity contribution in [2.75, 3.05) is 17.6 Å². The minimum Gasteiger partial charge on any atom is -0.443 e. The predicted molar refractivity (Wildman–Crippen MR) is 110 cm³/mol. The number of aryl methyl sites for hydroxylation is 1. The van der Waals surface area contributed by atoms with E-state index >= 15 is 0 Å². The number of hydrogen-bond donors (Lipinski definition) is 3. The van der Waals surface area contributed by atoms with Crippen molar-refractivity contribution in [2.24, 2.45) is 0 Å². The third kappa shape index (κ3) is 6.95. The Bertz CT molecular complexity index is 899. The molecule has 1 aromatic heterocycles. The third-order valence-corrected chi connectivity index (χ3v) is 3.80. The molecule has 9 heteroatoms. The van der Waals surface area contributed by atoms with Crippen LogP contribution in [0.15, 0.2) is 30.5 Å². The van der Waals surface area contributed by atoms with E-state index in [9.17, 15) is 14.4 Å². The van der Waals surface area contributed by atoms with Crippen LogP contribution in [0.25, 0.3) is 0 Å². The van der Waals surface area contributed by atoms with Crippen LogP contribution in [-0.2, 0) is 11.2 Å². The number of amides is 2. The van der Waals surface area contributed by atoms with E-state index in [1.54, 1.807) is 45.0 Å². The molecular weight excluding hydrogens is 374 g/mol. The molecule has 0 saturated carbocycles. The van der Waals surface area contributed by atoms with Crippen LogP contribution in [0, 0.1) is 0 Å². The molecule has 0 aliphatic heterocycles. The fourth-order valence-corrected chi connectivity index (χ4v) is 2.49. The number of benzene rings is 1. The second-order valence-corrected chi connectivity index (χ2v) is 7.56. The lowest BCUT2D eigenvalue weighted by molar-refractivity contribution is 0.0540. The topological polar surface area (TPSA) is 128 Å². The summed E-state index contributed by atoms with van der Waals surface area (Å²) in [6.45, 7) is 7.18. The molecular formula is C20H27N5O4. The Morgan fingerprint density at radius 3 is 2.62 bits per heavy atom. The van der Waals surface area contributed by atoms with Crippen LogP contribution in [0.4, 0.5) is 21.2 Å². The summed E-state index contributed by atoms with van der Waals surface area (Å²) in [4.78, 5) is 39.6. The lowest BCUT2D eigenvalue weighted by Gasteiger charge is -2.19. The molecule has 29 heavy (non-hydrogen) atoms. The lowest BCUT2D eigenvalue weighted by Crippen LogP contribution is -2.29. The van der Waals surface area contributed by atoms with Crippen molar-refractivity contribution in [2.45, 2.75) is 46.1 Å². The van der Waals surface area contributed by atoms with Gasteiger partial charge in [0, 0.05) is 24.0 Å². The molecule has 9 nitrogen and oxygen atoms in total. The van der Waals surface area contributed by atoms with Gasteiger partial charge in [0.25, 0.3) is 0 Å². The molecule has 0 fully saturated rings. The number of imidazole rings is 1. The number of ketones is 1. The van der Waals surface area contributed by atoms with Crippen molar-refractivity contribution in [3.8, 4) is 0 Å². The van der Waals surface area contributed by atoms with Crippen molar-refractivity contribution in [1.82, 2.24) is 14.9 Å². The van der Waals surface area contributed by atoms with E-state index in [-0.39, 0.29) is 17.8 Å². The summed E-state index contributed by atoms with van der Waals surface area (Å²) in [5.74, 6) is -0.00976. The molecule has 0 bridgehead atoms. The number of rotatable bonds is 6. The third-order valence-electron chi connectivity index (χ3n) is 3.80. The summed E-state index contributed by atoms with van der Waals surface area (Å²) in [5.41, 5.74) is 6.85. The first-order chi connectivity index (χ1) is 13.5. The van der Waals surface area contributed by atoms with E-state index in [4.69, 9.17) is 10.5 Å². The highest BCUT2D eigenvalue weighted by atomic mass is 16.6. The minimum atomic E-state index is -0.630. The standard InChI is InChI=1S/C20H27N5O4/c1-13(26)14-7-5-8-15(11-14)24-18(27)22-10-6-9-16-12-25(17(21)23-16)19(28)29-20(2,3)4/h5,7-8,11-12H,6,9-10H2,1-4H3,(H2,21,23)(H2,22,24,27). The van der Waals surface area contributed by atoms with Gasteiger partial charge in [-0.2, -0.15) is 0 Å². The van der Waals surface area contributed by atoms with E-state index < -0.39 is 11.7 Å². The smallest absolute Gasteiger partial charge is 0.421 e. The molecule has 156 valence electrons. The summed E-state index contributed by atoms with van der Waals surface area (Å²) < 4.78 is 6.44. The highest BCUT2D eigenvalue weighted by molar-refractivity contribution is 5.96. The van der Waals surface area contributed by atoms with Crippen LogP contribution in [0.5, 0.6) is 0 Å². The maximum Gasteiger partial charge on any atom is 0.421 e. The number of ether oxygens (including phenoxy) is 1. The van der Waals surface area contributed by atoms with Crippen molar-refractivity contribution >= 4 is 29.5 Å². The molecule has 2 aromatic rings. The van der Waals surface area contributed by atoms with Crippen molar-refractivity contribution in [1.29, 1.82) is 0 Å². The van der Waals surface area contributed by atoms with Gasteiger partial charge in [-0.15, -0.1) is 0 Å². The zero-order valence-corrected chi connectivity index (χ0v) is 17.1. The van der Waals surface area contributed by atoms with Crippen molar-refractivity contribution < 1.29 is 19.1 Å². The van der Waals surface area contributed by atoms with Gasteiger partial charge in [0.15, 0.2) is 5.78 Å². The molecule has 0 aliphatic carbocycles. The Morgan fingerprint density at radius 2 is 1.97 bits per heavy atom. The van der Waals surface area contributed by atoms with Crippen LogP contribution < -0.4 is 16.4 Å². The molecule has 1 heterocycles. The van der Waals surface area contributed by atoms with Gasteiger partial charge in [0.1, 0.15) is 5.60 Å². The number of nitrogens with zero attached hydrogens (tertiary/aromatic N) is 2.